The summed E-state index contributed by atoms with van der Waals surface area (Å²) in [7, 11) is -4.13. The first-order chi connectivity index (χ1) is 20.7. The molecule has 10 heteroatoms. The van der Waals surface area contributed by atoms with Gasteiger partial charge < -0.3 is 10.2 Å². The number of rotatable bonds is 13. The van der Waals surface area contributed by atoms with Gasteiger partial charge in [-0.1, -0.05) is 79.2 Å². The Bertz CT molecular complexity index is 1600. The number of benzene rings is 4. The molecule has 0 heterocycles. The van der Waals surface area contributed by atoms with Crippen LogP contribution >= 0.6 is 34.2 Å². The maximum atomic E-state index is 14.4. The predicted molar refractivity (Wildman–Crippen MR) is 179 cm³/mol. The first-order valence-electron chi connectivity index (χ1n) is 13.9. The van der Waals surface area contributed by atoms with E-state index in [2.05, 4.69) is 27.9 Å². The van der Waals surface area contributed by atoms with Crippen LogP contribution in [0.2, 0.25) is 5.02 Å². The van der Waals surface area contributed by atoms with E-state index in [0.29, 0.717) is 17.3 Å². The maximum absolute atomic E-state index is 14.4. The average molecular weight is 730 g/mol. The topological polar surface area (TPSA) is 86.8 Å². The molecule has 0 fully saturated rings. The molecule has 2 amide bonds. The third-order valence-corrected chi connectivity index (χ3v) is 9.57. The largest absolute Gasteiger partial charge is 0.354 e. The smallest absolute Gasteiger partial charge is 0.264 e. The van der Waals surface area contributed by atoms with Crippen LogP contribution in [0, 0.1) is 3.57 Å². The number of nitrogens with one attached hydrogen (secondary N) is 1. The second kappa shape index (κ2) is 15.4. The van der Waals surface area contributed by atoms with Crippen LogP contribution in [0.3, 0.4) is 0 Å². The Balaban J connectivity index is 1.78. The maximum Gasteiger partial charge on any atom is 0.264 e. The monoisotopic (exact) mass is 729 g/mol. The lowest BCUT2D eigenvalue weighted by Crippen LogP contribution is -2.53. The minimum atomic E-state index is -4.13. The number of halogens is 2. The Morgan fingerprint density at radius 3 is 2.05 bits per heavy atom. The van der Waals surface area contributed by atoms with Gasteiger partial charge in [-0.25, -0.2) is 8.42 Å². The second-order valence-corrected chi connectivity index (χ2v) is 13.5. The van der Waals surface area contributed by atoms with Gasteiger partial charge in [-0.3, -0.25) is 13.9 Å². The second-order valence-electron chi connectivity index (χ2n) is 9.95. The van der Waals surface area contributed by atoms with E-state index in [-0.39, 0.29) is 23.8 Å². The number of carbonyl (C=O) groups excluding carboxylic acids is 2. The highest BCUT2D eigenvalue weighted by Gasteiger charge is 2.34. The first-order valence-corrected chi connectivity index (χ1v) is 16.8. The Hall–Kier alpha value is -3.41. The van der Waals surface area contributed by atoms with E-state index < -0.39 is 28.5 Å². The third kappa shape index (κ3) is 8.81. The molecule has 224 valence electrons. The van der Waals surface area contributed by atoms with Crippen molar-refractivity contribution in [2.45, 2.75) is 37.2 Å². The summed E-state index contributed by atoms with van der Waals surface area (Å²) in [6.07, 6.45) is 0.982. The number of sulfonamides is 1. The summed E-state index contributed by atoms with van der Waals surface area (Å²) < 4.78 is 30.0. The molecule has 0 saturated heterocycles. The Kier molecular flexibility index (Phi) is 11.6. The van der Waals surface area contributed by atoms with Crippen LogP contribution in [0.15, 0.2) is 114 Å². The van der Waals surface area contributed by atoms with Gasteiger partial charge in [0, 0.05) is 28.1 Å². The van der Waals surface area contributed by atoms with Gasteiger partial charge in [-0.15, -0.1) is 0 Å². The van der Waals surface area contributed by atoms with E-state index in [9.17, 15) is 18.0 Å². The SMILES string of the molecule is CCCNC(=O)[C@@H](Cc1ccccc1)N(Cc1ccc(Cl)cc1)C(=O)CN(c1ccc(I)cc1)S(=O)(=O)c1ccccc1. The summed E-state index contributed by atoms with van der Waals surface area (Å²) in [5.74, 6) is -0.819. The normalized spacial score (nSPS) is 11.9. The minimum Gasteiger partial charge on any atom is -0.354 e. The van der Waals surface area contributed by atoms with E-state index in [1.54, 1.807) is 66.7 Å². The van der Waals surface area contributed by atoms with Gasteiger partial charge in [0.2, 0.25) is 11.8 Å². The molecule has 0 spiro atoms. The zero-order valence-electron chi connectivity index (χ0n) is 23.7. The van der Waals surface area contributed by atoms with Crippen molar-refractivity contribution >= 4 is 61.7 Å². The molecule has 0 aliphatic rings. The third-order valence-electron chi connectivity index (χ3n) is 6.81. The molecule has 0 radical (unpaired) electrons. The van der Waals surface area contributed by atoms with Crippen LogP contribution in [-0.2, 0) is 32.6 Å². The molecule has 1 N–H and O–H groups in total. The van der Waals surface area contributed by atoms with E-state index >= 15 is 0 Å². The van der Waals surface area contributed by atoms with Crippen LogP contribution in [0.5, 0.6) is 0 Å². The number of carbonyl (C=O) groups is 2. The van der Waals surface area contributed by atoms with Gasteiger partial charge in [0.1, 0.15) is 12.6 Å². The highest BCUT2D eigenvalue weighted by atomic mass is 127. The van der Waals surface area contributed by atoms with E-state index in [4.69, 9.17) is 11.6 Å². The standard InChI is InChI=1S/C33H33ClIN3O4S/c1-2-21-36-33(40)31(22-25-9-5-3-6-10-25)37(23-26-13-15-27(34)16-14-26)32(39)24-38(29-19-17-28(35)18-20-29)43(41,42)30-11-7-4-8-12-30/h3-20,31H,2,21-24H2,1H3,(H,36,40)/t31-/m1/s1. The lowest BCUT2D eigenvalue weighted by molar-refractivity contribution is -0.140. The van der Waals surface area contributed by atoms with Crippen molar-refractivity contribution in [2.75, 3.05) is 17.4 Å². The van der Waals surface area contributed by atoms with Crippen molar-refractivity contribution in [2.24, 2.45) is 0 Å². The Labute approximate surface area is 272 Å². The zero-order valence-corrected chi connectivity index (χ0v) is 27.4. The van der Waals surface area contributed by atoms with Gasteiger partial charge in [0.05, 0.1) is 10.6 Å². The highest BCUT2D eigenvalue weighted by molar-refractivity contribution is 14.1. The fraction of sp³-hybridized carbons (Fsp3) is 0.212. The molecule has 0 aliphatic carbocycles. The predicted octanol–water partition coefficient (Wildman–Crippen LogP) is 6.31. The molecule has 0 aliphatic heterocycles. The summed E-state index contributed by atoms with van der Waals surface area (Å²) in [6.45, 7) is 1.98. The van der Waals surface area contributed by atoms with E-state index in [1.165, 1.54) is 17.0 Å². The van der Waals surface area contributed by atoms with Crippen molar-refractivity contribution in [3.05, 3.63) is 129 Å². The molecule has 0 saturated carbocycles. The molecule has 0 bridgehead atoms. The molecule has 0 unspecified atom stereocenters. The van der Waals surface area contributed by atoms with Gasteiger partial charge in [-0.05, 0) is 88.7 Å². The molecular weight excluding hydrogens is 697 g/mol. The van der Waals surface area contributed by atoms with Crippen molar-refractivity contribution in [1.82, 2.24) is 10.2 Å². The summed E-state index contributed by atoms with van der Waals surface area (Å²) in [5, 5.41) is 3.49. The lowest BCUT2D eigenvalue weighted by Gasteiger charge is -2.34. The average Bonchev–Trinajstić information content (AvgIpc) is 3.02. The van der Waals surface area contributed by atoms with Crippen LogP contribution < -0.4 is 9.62 Å². The van der Waals surface area contributed by atoms with Gasteiger partial charge in [0.25, 0.3) is 10.0 Å². The van der Waals surface area contributed by atoms with Crippen molar-refractivity contribution in [3.63, 3.8) is 0 Å². The van der Waals surface area contributed by atoms with E-state index in [1.807, 2.05) is 37.3 Å². The number of nitrogens with zero attached hydrogens (tertiary/aromatic N) is 2. The molecule has 4 aromatic rings. The molecule has 4 aromatic carbocycles. The number of hydrogen-bond acceptors (Lipinski definition) is 4. The molecular formula is C33H33ClIN3O4S. The summed E-state index contributed by atoms with van der Waals surface area (Å²) >= 11 is 8.27. The number of anilines is 1. The van der Waals surface area contributed by atoms with Crippen molar-refractivity contribution in [1.29, 1.82) is 0 Å². The minimum absolute atomic E-state index is 0.0622. The molecule has 7 nitrogen and oxygen atoms in total. The molecule has 4 rings (SSSR count). The van der Waals surface area contributed by atoms with E-state index in [0.717, 1.165) is 25.4 Å². The lowest BCUT2D eigenvalue weighted by atomic mass is 10.0. The molecule has 43 heavy (non-hydrogen) atoms. The van der Waals surface area contributed by atoms with Crippen LogP contribution in [0.4, 0.5) is 5.69 Å². The fourth-order valence-electron chi connectivity index (χ4n) is 4.56. The van der Waals surface area contributed by atoms with Gasteiger partial charge in [-0.2, -0.15) is 0 Å². The first kappa shape index (κ1) is 32.5. The van der Waals surface area contributed by atoms with Crippen LogP contribution in [0.25, 0.3) is 0 Å². The summed E-state index contributed by atoms with van der Waals surface area (Å²) in [4.78, 5) is 29.6. The zero-order chi connectivity index (χ0) is 30.8. The fourth-order valence-corrected chi connectivity index (χ4v) is 6.48. The number of hydrogen-bond donors (Lipinski definition) is 1. The highest BCUT2D eigenvalue weighted by Crippen LogP contribution is 2.26. The Morgan fingerprint density at radius 1 is 0.837 bits per heavy atom. The van der Waals surface area contributed by atoms with Crippen molar-refractivity contribution in [3.8, 4) is 0 Å². The van der Waals surface area contributed by atoms with Crippen molar-refractivity contribution < 1.29 is 18.0 Å². The summed E-state index contributed by atoms with van der Waals surface area (Å²) in [5.41, 5.74) is 1.98. The molecule has 0 aromatic heterocycles. The number of amides is 2. The molecule has 1 atom stereocenters. The summed E-state index contributed by atoms with van der Waals surface area (Å²) in [6, 6.07) is 30.5. The Morgan fingerprint density at radius 2 is 1.44 bits per heavy atom. The van der Waals surface area contributed by atoms with Crippen LogP contribution in [-0.4, -0.2) is 44.3 Å². The quantitative estimate of drug-likeness (QED) is 0.164. The van der Waals surface area contributed by atoms with Crippen LogP contribution in [0.1, 0.15) is 24.5 Å². The van der Waals surface area contributed by atoms with Gasteiger partial charge >= 0.3 is 0 Å². The van der Waals surface area contributed by atoms with Gasteiger partial charge in [0.15, 0.2) is 0 Å².